The Morgan fingerprint density at radius 3 is 2.52 bits per heavy atom. The molecule has 1 aromatic rings. The highest BCUT2D eigenvalue weighted by molar-refractivity contribution is 5.80. The SMILES string of the molecule is CCNC(=NCCc1c(F)cccc1F)NC1CN(C(C)C)CC1C. The molecule has 2 atom stereocenters. The van der Waals surface area contributed by atoms with Crippen LogP contribution in [0.1, 0.15) is 33.3 Å². The van der Waals surface area contributed by atoms with Gasteiger partial charge in [-0.05, 0) is 45.2 Å². The third-order valence-electron chi connectivity index (χ3n) is 4.73. The van der Waals surface area contributed by atoms with Crippen molar-refractivity contribution in [2.45, 2.75) is 46.2 Å². The lowest BCUT2D eigenvalue weighted by Crippen LogP contribution is -2.47. The number of likely N-dealkylation sites (tertiary alicyclic amines) is 1. The summed E-state index contributed by atoms with van der Waals surface area (Å²) in [5, 5.41) is 6.70. The molecule has 1 aromatic carbocycles. The lowest BCUT2D eigenvalue weighted by Gasteiger charge is -2.22. The van der Waals surface area contributed by atoms with E-state index in [1.54, 1.807) is 0 Å². The van der Waals surface area contributed by atoms with E-state index in [4.69, 9.17) is 0 Å². The predicted octanol–water partition coefficient (Wildman–Crippen LogP) is 2.79. The number of hydrogen-bond acceptors (Lipinski definition) is 2. The van der Waals surface area contributed by atoms with E-state index in [0.29, 0.717) is 30.5 Å². The first-order chi connectivity index (χ1) is 11.9. The van der Waals surface area contributed by atoms with Crippen molar-refractivity contribution in [2.24, 2.45) is 10.9 Å². The molecule has 4 nitrogen and oxygen atoms in total. The maximum absolute atomic E-state index is 13.7. The molecule has 1 aliphatic heterocycles. The molecule has 0 aliphatic carbocycles. The molecule has 1 heterocycles. The minimum atomic E-state index is -0.509. The summed E-state index contributed by atoms with van der Waals surface area (Å²) in [4.78, 5) is 6.95. The summed E-state index contributed by atoms with van der Waals surface area (Å²) in [7, 11) is 0. The Balaban J connectivity index is 1.97. The summed E-state index contributed by atoms with van der Waals surface area (Å²) >= 11 is 0. The van der Waals surface area contributed by atoms with E-state index in [2.05, 4.69) is 41.3 Å². The average Bonchev–Trinajstić information content (AvgIpc) is 2.91. The minimum Gasteiger partial charge on any atom is -0.357 e. The van der Waals surface area contributed by atoms with Crippen molar-refractivity contribution in [3.05, 3.63) is 35.4 Å². The van der Waals surface area contributed by atoms with E-state index in [9.17, 15) is 8.78 Å². The molecule has 1 saturated heterocycles. The van der Waals surface area contributed by atoms with E-state index in [1.165, 1.54) is 18.2 Å². The zero-order valence-corrected chi connectivity index (χ0v) is 15.6. The van der Waals surface area contributed by atoms with Gasteiger partial charge in [0.2, 0.25) is 0 Å². The highest BCUT2D eigenvalue weighted by atomic mass is 19.1. The van der Waals surface area contributed by atoms with Crippen LogP contribution in [-0.2, 0) is 6.42 Å². The second-order valence-corrected chi connectivity index (χ2v) is 6.99. The summed E-state index contributed by atoms with van der Waals surface area (Å²) in [6.45, 7) is 11.8. The topological polar surface area (TPSA) is 39.7 Å². The van der Waals surface area contributed by atoms with Gasteiger partial charge >= 0.3 is 0 Å². The van der Waals surface area contributed by atoms with Crippen LogP contribution < -0.4 is 10.6 Å². The number of hydrogen-bond donors (Lipinski definition) is 2. The monoisotopic (exact) mass is 352 g/mol. The average molecular weight is 352 g/mol. The Labute approximate surface area is 149 Å². The lowest BCUT2D eigenvalue weighted by molar-refractivity contribution is 0.265. The highest BCUT2D eigenvalue weighted by Gasteiger charge is 2.31. The van der Waals surface area contributed by atoms with Crippen LogP contribution in [0.15, 0.2) is 23.2 Å². The van der Waals surface area contributed by atoms with Gasteiger partial charge < -0.3 is 10.6 Å². The van der Waals surface area contributed by atoms with Gasteiger partial charge in [-0.15, -0.1) is 0 Å². The largest absolute Gasteiger partial charge is 0.357 e. The molecule has 0 spiro atoms. The molecule has 0 amide bonds. The van der Waals surface area contributed by atoms with Crippen LogP contribution in [-0.4, -0.2) is 49.1 Å². The fraction of sp³-hybridized carbons (Fsp3) is 0.632. The van der Waals surface area contributed by atoms with Gasteiger partial charge in [-0.2, -0.15) is 0 Å². The van der Waals surface area contributed by atoms with Gasteiger partial charge in [0.05, 0.1) is 0 Å². The van der Waals surface area contributed by atoms with Gasteiger partial charge in [0, 0.05) is 43.8 Å². The smallest absolute Gasteiger partial charge is 0.191 e. The maximum atomic E-state index is 13.7. The predicted molar refractivity (Wildman–Crippen MR) is 98.8 cm³/mol. The first-order valence-electron chi connectivity index (χ1n) is 9.14. The van der Waals surface area contributed by atoms with Crippen LogP contribution in [0.2, 0.25) is 0 Å². The van der Waals surface area contributed by atoms with Crippen molar-refractivity contribution in [1.29, 1.82) is 0 Å². The third-order valence-corrected chi connectivity index (χ3v) is 4.73. The zero-order chi connectivity index (χ0) is 18.4. The number of guanidine groups is 1. The van der Waals surface area contributed by atoms with E-state index in [-0.39, 0.29) is 12.0 Å². The lowest BCUT2D eigenvalue weighted by atomic mass is 10.1. The van der Waals surface area contributed by atoms with Crippen molar-refractivity contribution in [3.8, 4) is 0 Å². The van der Waals surface area contributed by atoms with E-state index >= 15 is 0 Å². The molecule has 2 rings (SSSR count). The second kappa shape index (κ2) is 9.13. The molecular weight excluding hydrogens is 322 g/mol. The maximum Gasteiger partial charge on any atom is 0.191 e. The highest BCUT2D eigenvalue weighted by Crippen LogP contribution is 2.18. The molecule has 0 aromatic heterocycles. The van der Waals surface area contributed by atoms with Crippen molar-refractivity contribution in [1.82, 2.24) is 15.5 Å². The fourth-order valence-electron chi connectivity index (χ4n) is 3.16. The Morgan fingerprint density at radius 1 is 1.28 bits per heavy atom. The van der Waals surface area contributed by atoms with Crippen LogP contribution in [0.5, 0.6) is 0 Å². The fourth-order valence-corrected chi connectivity index (χ4v) is 3.16. The number of halogens is 2. The molecule has 0 radical (unpaired) electrons. The molecule has 1 fully saturated rings. The van der Waals surface area contributed by atoms with Crippen LogP contribution in [0, 0.1) is 17.6 Å². The molecule has 6 heteroatoms. The number of rotatable bonds is 6. The van der Waals surface area contributed by atoms with Crippen LogP contribution in [0.4, 0.5) is 8.78 Å². The summed E-state index contributed by atoms with van der Waals surface area (Å²) in [5.74, 6) is 0.215. The van der Waals surface area contributed by atoms with E-state index in [1.807, 2.05) is 6.92 Å². The number of nitrogens with zero attached hydrogens (tertiary/aromatic N) is 2. The van der Waals surface area contributed by atoms with Gasteiger partial charge in [0.25, 0.3) is 0 Å². The quantitative estimate of drug-likeness (QED) is 0.611. The number of benzene rings is 1. The van der Waals surface area contributed by atoms with Crippen molar-refractivity contribution >= 4 is 5.96 Å². The third kappa shape index (κ3) is 5.39. The summed E-state index contributed by atoms with van der Waals surface area (Å²) < 4.78 is 27.4. The minimum absolute atomic E-state index is 0.0994. The standard InChI is InChI=1S/C19H30F2N4/c1-5-22-19(24-18-12-25(13(2)3)11-14(18)4)23-10-9-15-16(20)7-6-8-17(15)21/h6-8,13-14,18H,5,9-12H2,1-4H3,(H2,22,23,24). The molecule has 2 unspecified atom stereocenters. The molecule has 25 heavy (non-hydrogen) atoms. The Bertz CT molecular complexity index is 569. The first-order valence-corrected chi connectivity index (χ1v) is 9.14. The Morgan fingerprint density at radius 2 is 1.96 bits per heavy atom. The normalized spacial score (nSPS) is 21.8. The zero-order valence-electron chi connectivity index (χ0n) is 15.6. The van der Waals surface area contributed by atoms with Gasteiger partial charge in [0.1, 0.15) is 11.6 Å². The first kappa shape index (κ1) is 19.6. The van der Waals surface area contributed by atoms with E-state index in [0.717, 1.165) is 19.6 Å². The van der Waals surface area contributed by atoms with Crippen molar-refractivity contribution < 1.29 is 8.78 Å². The van der Waals surface area contributed by atoms with Gasteiger partial charge in [-0.1, -0.05) is 13.0 Å². The molecule has 0 bridgehead atoms. The summed E-state index contributed by atoms with van der Waals surface area (Å²) in [6.07, 6.45) is 0.243. The summed E-state index contributed by atoms with van der Waals surface area (Å²) in [5.41, 5.74) is 0.0994. The number of aliphatic imine (C=N–C) groups is 1. The molecule has 0 saturated carbocycles. The van der Waals surface area contributed by atoms with Crippen LogP contribution >= 0.6 is 0 Å². The van der Waals surface area contributed by atoms with Gasteiger partial charge in [-0.3, -0.25) is 9.89 Å². The summed E-state index contributed by atoms with van der Waals surface area (Å²) in [6, 6.07) is 4.80. The molecule has 2 N–H and O–H groups in total. The van der Waals surface area contributed by atoms with Crippen LogP contribution in [0.3, 0.4) is 0 Å². The van der Waals surface area contributed by atoms with Crippen molar-refractivity contribution in [2.75, 3.05) is 26.2 Å². The van der Waals surface area contributed by atoms with Crippen molar-refractivity contribution in [3.63, 3.8) is 0 Å². The number of nitrogens with one attached hydrogen (secondary N) is 2. The molecular formula is C19H30F2N4. The molecule has 140 valence electrons. The van der Waals surface area contributed by atoms with Crippen LogP contribution in [0.25, 0.3) is 0 Å². The Hall–Kier alpha value is -1.69. The van der Waals surface area contributed by atoms with Gasteiger partial charge in [-0.25, -0.2) is 8.78 Å². The Kier molecular flexibility index (Phi) is 7.17. The van der Waals surface area contributed by atoms with E-state index < -0.39 is 11.6 Å². The molecule has 1 aliphatic rings. The van der Waals surface area contributed by atoms with Gasteiger partial charge in [0.15, 0.2) is 5.96 Å². The second-order valence-electron chi connectivity index (χ2n) is 6.99.